The summed E-state index contributed by atoms with van der Waals surface area (Å²) in [6.07, 6.45) is -4.66. The molecule has 0 saturated heterocycles. The first-order valence-electron chi connectivity index (χ1n) is 8.56. The fourth-order valence-electron chi connectivity index (χ4n) is 2.92. The Morgan fingerprint density at radius 2 is 1.73 bits per heavy atom. The highest BCUT2D eigenvalue weighted by molar-refractivity contribution is 6.35. The number of carbonyl (C=O) groups is 1. The molecule has 0 radical (unpaired) electrons. The molecular formula is C21H11Cl2F3N2O2. The predicted octanol–water partition coefficient (Wildman–Crippen LogP) is 7.07. The molecule has 3 aromatic carbocycles. The molecule has 30 heavy (non-hydrogen) atoms. The second-order valence-electron chi connectivity index (χ2n) is 6.30. The molecule has 0 bridgehead atoms. The molecule has 1 amide bonds. The molecular weight excluding hydrogens is 440 g/mol. The summed E-state index contributed by atoms with van der Waals surface area (Å²) in [6.45, 7) is 0. The molecule has 1 N–H and O–H groups in total. The van der Waals surface area contributed by atoms with Crippen LogP contribution in [0.2, 0.25) is 10.0 Å². The number of anilines is 1. The lowest BCUT2D eigenvalue weighted by Crippen LogP contribution is -2.18. The molecule has 0 spiro atoms. The zero-order chi connectivity index (χ0) is 21.5. The fraction of sp³-hybridized carbons (Fsp3) is 0.0476. The van der Waals surface area contributed by atoms with E-state index in [0.29, 0.717) is 21.7 Å². The molecule has 1 aromatic heterocycles. The Bertz CT molecular complexity index is 1270. The largest absolute Gasteiger partial charge is 0.436 e. The van der Waals surface area contributed by atoms with Crippen LogP contribution in [0.1, 0.15) is 15.9 Å². The average molecular weight is 451 g/mol. The monoisotopic (exact) mass is 450 g/mol. The highest BCUT2D eigenvalue weighted by Crippen LogP contribution is 2.35. The van der Waals surface area contributed by atoms with Gasteiger partial charge in [-0.3, -0.25) is 4.79 Å². The summed E-state index contributed by atoms with van der Waals surface area (Å²) in [5.74, 6) is -0.744. The number of fused-ring (bicyclic) bond motifs is 1. The number of halogens is 5. The van der Waals surface area contributed by atoms with E-state index in [4.69, 9.17) is 27.6 Å². The zero-order valence-electron chi connectivity index (χ0n) is 14.9. The van der Waals surface area contributed by atoms with Gasteiger partial charge in [0.15, 0.2) is 5.58 Å². The van der Waals surface area contributed by atoms with Crippen LogP contribution in [-0.2, 0) is 6.18 Å². The summed E-state index contributed by atoms with van der Waals surface area (Å²) in [4.78, 5) is 16.8. The van der Waals surface area contributed by atoms with Gasteiger partial charge in [0.2, 0.25) is 5.89 Å². The fourth-order valence-corrected chi connectivity index (χ4v) is 3.33. The SMILES string of the molecule is O=C(Nc1ccc(Cl)c(-c2nc3c(Cl)cccc3o2)c1)c1ccccc1C(F)(F)F. The third-order valence-electron chi connectivity index (χ3n) is 4.30. The molecule has 0 unspecified atom stereocenters. The Balaban J connectivity index is 1.69. The van der Waals surface area contributed by atoms with Gasteiger partial charge in [0.05, 0.1) is 26.7 Å². The third kappa shape index (κ3) is 3.86. The first kappa shape index (κ1) is 20.3. The number of nitrogens with zero attached hydrogens (tertiary/aromatic N) is 1. The van der Waals surface area contributed by atoms with Crippen LogP contribution in [0.15, 0.2) is 65.1 Å². The van der Waals surface area contributed by atoms with Gasteiger partial charge in [-0.25, -0.2) is 4.98 Å². The van der Waals surface area contributed by atoms with E-state index in [9.17, 15) is 18.0 Å². The van der Waals surface area contributed by atoms with Crippen molar-refractivity contribution in [2.45, 2.75) is 6.18 Å². The predicted molar refractivity (Wildman–Crippen MR) is 109 cm³/mol. The molecule has 0 saturated carbocycles. The number of benzene rings is 3. The molecule has 0 aliphatic carbocycles. The number of nitrogens with one attached hydrogen (secondary N) is 1. The topological polar surface area (TPSA) is 55.1 Å². The molecule has 0 fully saturated rings. The molecule has 0 aliphatic rings. The number of hydrogen-bond acceptors (Lipinski definition) is 3. The van der Waals surface area contributed by atoms with Crippen molar-refractivity contribution in [1.29, 1.82) is 0 Å². The summed E-state index contributed by atoms with van der Waals surface area (Å²) >= 11 is 12.4. The van der Waals surface area contributed by atoms with Gasteiger partial charge in [-0.1, -0.05) is 41.4 Å². The van der Waals surface area contributed by atoms with Crippen molar-refractivity contribution in [2.24, 2.45) is 0 Å². The van der Waals surface area contributed by atoms with Crippen molar-refractivity contribution in [3.63, 3.8) is 0 Å². The van der Waals surface area contributed by atoms with Crippen molar-refractivity contribution in [2.75, 3.05) is 5.32 Å². The Kier molecular flexibility index (Phi) is 5.17. The number of hydrogen-bond donors (Lipinski definition) is 1. The minimum absolute atomic E-state index is 0.162. The van der Waals surface area contributed by atoms with Gasteiger partial charge < -0.3 is 9.73 Å². The van der Waals surface area contributed by atoms with Crippen LogP contribution >= 0.6 is 23.2 Å². The summed E-state index contributed by atoms with van der Waals surface area (Å²) in [5, 5.41) is 3.14. The molecule has 4 aromatic rings. The lowest BCUT2D eigenvalue weighted by molar-refractivity contribution is -0.137. The Hall–Kier alpha value is -3.03. The maximum absolute atomic E-state index is 13.2. The number of aromatic nitrogens is 1. The molecule has 4 rings (SSSR count). The van der Waals surface area contributed by atoms with E-state index in [1.807, 2.05) is 0 Å². The van der Waals surface area contributed by atoms with Gasteiger partial charge in [-0.15, -0.1) is 0 Å². The number of oxazole rings is 1. The molecule has 0 aliphatic heterocycles. The Morgan fingerprint density at radius 1 is 0.967 bits per heavy atom. The Morgan fingerprint density at radius 3 is 2.47 bits per heavy atom. The van der Waals surface area contributed by atoms with Crippen LogP contribution in [0.3, 0.4) is 0 Å². The van der Waals surface area contributed by atoms with Gasteiger partial charge in [-0.05, 0) is 42.5 Å². The van der Waals surface area contributed by atoms with Gasteiger partial charge >= 0.3 is 6.18 Å². The first-order valence-corrected chi connectivity index (χ1v) is 9.32. The summed E-state index contributed by atoms with van der Waals surface area (Å²) in [7, 11) is 0. The van der Waals surface area contributed by atoms with E-state index in [2.05, 4.69) is 10.3 Å². The number of para-hydroxylation sites is 1. The van der Waals surface area contributed by atoms with Crippen molar-refractivity contribution < 1.29 is 22.4 Å². The minimum Gasteiger partial charge on any atom is -0.436 e. The number of rotatable bonds is 3. The summed E-state index contributed by atoms with van der Waals surface area (Å²) in [6, 6.07) is 14.0. The van der Waals surface area contributed by atoms with Crippen molar-refractivity contribution in [3.05, 3.63) is 81.8 Å². The smallest absolute Gasteiger partial charge is 0.417 e. The molecule has 152 valence electrons. The van der Waals surface area contributed by atoms with Crippen molar-refractivity contribution >= 4 is 45.9 Å². The van der Waals surface area contributed by atoms with Crippen LogP contribution in [0, 0.1) is 0 Å². The first-order chi connectivity index (χ1) is 14.2. The third-order valence-corrected chi connectivity index (χ3v) is 4.94. The van der Waals surface area contributed by atoms with Gasteiger partial charge in [0.1, 0.15) is 5.52 Å². The van der Waals surface area contributed by atoms with E-state index >= 15 is 0 Å². The van der Waals surface area contributed by atoms with E-state index in [-0.39, 0.29) is 16.6 Å². The van der Waals surface area contributed by atoms with Gasteiger partial charge in [-0.2, -0.15) is 13.2 Å². The average Bonchev–Trinajstić information content (AvgIpc) is 3.14. The minimum atomic E-state index is -4.66. The van der Waals surface area contributed by atoms with E-state index in [1.165, 1.54) is 30.3 Å². The summed E-state index contributed by atoms with van der Waals surface area (Å²) in [5.41, 5.74) is -0.0446. The summed E-state index contributed by atoms with van der Waals surface area (Å²) < 4.78 is 45.3. The second kappa shape index (κ2) is 7.66. The Labute approximate surface area is 178 Å². The number of carbonyl (C=O) groups excluding carboxylic acids is 1. The number of alkyl halides is 3. The van der Waals surface area contributed by atoms with Gasteiger partial charge in [0, 0.05) is 5.69 Å². The number of amides is 1. The van der Waals surface area contributed by atoms with E-state index in [1.54, 1.807) is 18.2 Å². The molecule has 9 heteroatoms. The lowest BCUT2D eigenvalue weighted by Gasteiger charge is -2.13. The second-order valence-corrected chi connectivity index (χ2v) is 7.11. The molecule has 0 atom stereocenters. The highest BCUT2D eigenvalue weighted by atomic mass is 35.5. The zero-order valence-corrected chi connectivity index (χ0v) is 16.4. The van der Waals surface area contributed by atoms with Crippen molar-refractivity contribution in [3.8, 4) is 11.5 Å². The van der Waals surface area contributed by atoms with Crippen LogP contribution < -0.4 is 5.32 Å². The van der Waals surface area contributed by atoms with E-state index in [0.717, 1.165) is 12.1 Å². The quantitative estimate of drug-likeness (QED) is 0.363. The molecule has 4 nitrogen and oxygen atoms in total. The highest BCUT2D eigenvalue weighted by Gasteiger charge is 2.34. The standard InChI is InChI=1S/C21H11Cl2F3N2O2/c22-15-9-8-11(27-19(29)12-4-1-2-5-14(12)21(24,25)26)10-13(15)20-28-18-16(23)6-3-7-17(18)30-20/h1-10H,(H,27,29). The van der Waals surface area contributed by atoms with Crippen LogP contribution in [-0.4, -0.2) is 10.9 Å². The maximum atomic E-state index is 13.2. The van der Waals surface area contributed by atoms with E-state index < -0.39 is 23.2 Å². The van der Waals surface area contributed by atoms with Crippen LogP contribution in [0.25, 0.3) is 22.6 Å². The lowest BCUT2D eigenvalue weighted by atomic mass is 10.1. The van der Waals surface area contributed by atoms with Gasteiger partial charge in [0.25, 0.3) is 5.91 Å². The normalized spacial score (nSPS) is 11.6. The van der Waals surface area contributed by atoms with Crippen LogP contribution in [0.5, 0.6) is 0 Å². The van der Waals surface area contributed by atoms with Crippen molar-refractivity contribution in [1.82, 2.24) is 4.98 Å². The van der Waals surface area contributed by atoms with Crippen LogP contribution in [0.4, 0.5) is 18.9 Å². The maximum Gasteiger partial charge on any atom is 0.417 e. The molecule has 1 heterocycles.